The minimum absolute atomic E-state index is 0.160. The molecular formula is C24H27N5O4. The highest BCUT2D eigenvalue weighted by Crippen LogP contribution is 2.31. The van der Waals surface area contributed by atoms with Crippen LogP contribution in [-0.4, -0.2) is 52.6 Å². The van der Waals surface area contributed by atoms with Crippen LogP contribution in [0.15, 0.2) is 53.6 Å². The molecule has 1 amide bonds. The van der Waals surface area contributed by atoms with E-state index < -0.39 is 5.91 Å². The van der Waals surface area contributed by atoms with Gasteiger partial charge in [-0.1, -0.05) is 6.07 Å². The number of benzene rings is 1. The first-order chi connectivity index (χ1) is 16.0. The largest absolute Gasteiger partial charge is 0.493 e. The summed E-state index contributed by atoms with van der Waals surface area (Å²) >= 11 is 0. The summed E-state index contributed by atoms with van der Waals surface area (Å²) < 4.78 is 10.8. The van der Waals surface area contributed by atoms with Crippen LogP contribution in [0.3, 0.4) is 0 Å². The summed E-state index contributed by atoms with van der Waals surface area (Å²) in [4.78, 5) is 37.3. The minimum Gasteiger partial charge on any atom is -0.493 e. The van der Waals surface area contributed by atoms with E-state index in [9.17, 15) is 9.59 Å². The smallest absolute Gasteiger partial charge is 0.255 e. The van der Waals surface area contributed by atoms with Gasteiger partial charge in [-0.2, -0.15) is 0 Å². The lowest BCUT2D eigenvalue weighted by Gasteiger charge is -2.32. The maximum atomic E-state index is 12.3. The van der Waals surface area contributed by atoms with Crippen molar-refractivity contribution < 1.29 is 14.3 Å². The molecule has 3 heterocycles. The zero-order valence-corrected chi connectivity index (χ0v) is 18.5. The van der Waals surface area contributed by atoms with Gasteiger partial charge in [-0.15, -0.1) is 0 Å². The van der Waals surface area contributed by atoms with Crippen molar-refractivity contribution in [1.82, 2.24) is 19.9 Å². The number of hydrogen-bond acceptors (Lipinski definition) is 7. The number of carbonyl (C=O) groups excluding carboxylic acids is 1. The lowest BCUT2D eigenvalue weighted by atomic mass is 9.94. The number of nitrogens with one attached hydrogen (secondary N) is 1. The monoisotopic (exact) mass is 449 g/mol. The second kappa shape index (κ2) is 10.3. The fraction of sp³-hybridized carbons (Fsp3) is 0.333. The van der Waals surface area contributed by atoms with E-state index in [1.807, 2.05) is 24.3 Å². The third-order valence-electron chi connectivity index (χ3n) is 5.62. The van der Waals surface area contributed by atoms with Gasteiger partial charge in [0.2, 0.25) is 0 Å². The topological polar surface area (TPSA) is 123 Å². The molecule has 3 aromatic rings. The molecule has 3 N–H and O–H groups in total. The number of likely N-dealkylation sites (tertiary alicyclic amines) is 1. The number of aromatic amines is 1. The van der Waals surface area contributed by atoms with E-state index in [1.54, 1.807) is 31.6 Å². The predicted molar refractivity (Wildman–Crippen MR) is 123 cm³/mol. The number of aromatic nitrogens is 3. The van der Waals surface area contributed by atoms with E-state index in [4.69, 9.17) is 20.2 Å². The molecule has 9 heteroatoms. The molecule has 0 saturated carbocycles. The van der Waals surface area contributed by atoms with E-state index in [0.29, 0.717) is 17.3 Å². The quantitative estimate of drug-likeness (QED) is 0.540. The molecule has 1 unspecified atom stereocenters. The van der Waals surface area contributed by atoms with Crippen LogP contribution in [0.4, 0.5) is 0 Å². The Hall–Kier alpha value is -3.72. The van der Waals surface area contributed by atoms with Crippen molar-refractivity contribution in [3.63, 3.8) is 0 Å². The van der Waals surface area contributed by atoms with Gasteiger partial charge in [-0.25, -0.2) is 4.98 Å². The maximum absolute atomic E-state index is 12.3. The maximum Gasteiger partial charge on any atom is 0.255 e. The van der Waals surface area contributed by atoms with E-state index in [-0.39, 0.29) is 18.1 Å². The zero-order chi connectivity index (χ0) is 23.2. The number of primary amides is 1. The fourth-order valence-corrected chi connectivity index (χ4v) is 4.10. The van der Waals surface area contributed by atoms with E-state index in [0.717, 1.165) is 49.3 Å². The molecule has 9 nitrogen and oxygen atoms in total. The summed E-state index contributed by atoms with van der Waals surface area (Å²) in [6.07, 6.45) is 5.37. The van der Waals surface area contributed by atoms with Gasteiger partial charge in [0.25, 0.3) is 11.5 Å². The van der Waals surface area contributed by atoms with Crippen LogP contribution in [0.2, 0.25) is 0 Å². The number of H-pyrrole nitrogens is 1. The average molecular weight is 450 g/mol. The summed E-state index contributed by atoms with van der Waals surface area (Å²) in [5.74, 6) is 1.20. The second-order valence-electron chi connectivity index (χ2n) is 8.08. The molecule has 1 aliphatic heterocycles. The van der Waals surface area contributed by atoms with Crippen molar-refractivity contribution in [2.24, 2.45) is 5.73 Å². The Balaban J connectivity index is 1.48. The average Bonchev–Trinajstić information content (AvgIpc) is 2.83. The van der Waals surface area contributed by atoms with Gasteiger partial charge in [0.05, 0.1) is 12.8 Å². The summed E-state index contributed by atoms with van der Waals surface area (Å²) in [6, 6.07) is 11.0. The van der Waals surface area contributed by atoms with Crippen LogP contribution in [0.25, 0.3) is 11.4 Å². The number of amides is 1. The van der Waals surface area contributed by atoms with Gasteiger partial charge in [0.1, 0.15) is 5.82 Å². The van der Waals surface area contributed by atoms with Crippen molar-refractivity contribution in [3.8, 4) is 22.9 Å². The third kappa shape index (κ3) is 5.75. The first-order valence-electron chi connectivity index (χ1n) is 10.8. The molecule has 0 spiro atoms. The van der Waals surface area contributed by atoms with Crippen LogP contribution < -0.4 is 20.8 Å². The first kappa shape index (κ1) is 22.5. The van der Waals surface area contributed by atoms with E-state index in [1.165, 1.54) is 0 Å². The van der Waals surface area contributed by atoms with Gasteiger partial charge < -0.3 is 20.2 Å². The zero-order valence-electron chi connectivity index (χ0n) is 18.5. The lowest BCUT2D eigenvalue weighted by Crippen LogP contribution is -2.34. The Kier molecular flexibility index (Phi) is 6.99. The highest BCUT2D eigenvalue weighted by Gasteiger charge is 2.24. The fourth-order valence-electron chi connectivity index (χ4n) is 4.10. The number of hydrogen-bond donors (Lipinski definition) is 2. The number of pyridine rings is 1. The van der Waals surface area contributed by atoms with Gasteiger partial charge in [-0.3, -0.25) is 19.5 Å². The van der Waals surface area contributed by atoms with Gasteiger partial charge >= 0.3 is 0 Å². The summed E-state index contributed by atoms with van der Waals surface area (Å²) in [7, 11) is 1.56. The number of ether oxygens (including phenoxy) is 2. The van der Waals surface area contributed by atoms with Crippen molar-refractivity contribution in [2.45, 2.75) is 25.3 Å². The van der Waals surface area contributed by atoms with Crippen LogP contribution >= 0.6 is 0 Å². The molecule has 172 valence electrons. The van der Waals surface area contributed by atoms with Crippen molar-refractivity contribution >= 4 is 5.91 Å². The number of nitrogens with zero attached hydrogens (tertiary/aromatic N) is 3. The van der Waals surface area contributed by atoms with E-state index >= 15 is 0 Å². The Labute approximate surface area is 191 Å². The molecule has 0 bridgehead atoms. The lowest BCUT2D eigenvalue weighted by molar-refractivity contribution is -0.119. The molecule has 0 aliphatic carbocycles. The summed E-state index contributed by atoms with van der Waals surface area (Å²) in [6.45, 7) is 2.28. The molecule has 1 aromatic carbocycles. The third-order valence-corrected chi connectivity index (χ3v) is 5.62. The highest BCUT2D eigenvalue weighted by molar-refractivity contribution is 5.75. The standard InChI is InChI=1S/C24H27N5O4/c1-32-21-10-16(6-7-20(21)33-15-22(25)30)13-29-9-3-5-18(14-29)19-11-23(31)28-24(27-19)17-4-2-8-26-12-17/h2,4,6-8,10-12,18H,3,5,9,13-15H2,1H3,(H2,25,30)(H,27,28,31). The molecule has 1 fully saturated rings. The van der Waals surface area contributed by atoms with Crippen molar-refractivity contribution in [1.29, 1.82) is 0 Å². The van der Waals surface area contributed by atoms with Crippen molar-refractivity contribution in [3.05, 3.63) is 70.4 Å². The predicted octanol–water partition coefficient (Wildman–Crippen LogP) is 2.08. The molecule has 4 rings (SSSR count). The number of methoxy groups -OCH3 is 1. The molecular weight excluding hydrogens is 422 g/mol. The van der Waals surface area contributed by atoms with Crippen LogP contribution in [0.1, 0.15) is 30.0 Å². The Morgan fingerprint density at radius 2 is 2.15 bits per heavy atom. The molecule has 2 aromatic heterocycles. The summed E-state index contributed by atoms with van der Waals surface area (Å²) in [5, 5.41) is 0. The Morgan fingerprint density at radius 1 is 1.27 bits per heavy atom. The minimum atomic E-state index is -0.541. The van der Waals surface area contributed by atoms with Crippen LogP contribution in [-0.2, 0) is 11.3 Å². The van der Waals surface area contributed by atoms with E-state index in [2.05, 4.69) is 14.9 Å². The highest BCUT2D eigenvalue weighted by atomic mass is 16.5. The molecule has 1 saturated heterocycles. The normalized spacial score (nSPS) is 16.3. The molecule has 1 atom stereocenters. The van der Waals surface area contributed by atoms with Crippen LogP contribution in [0, 0.1) is 0 Å². The van der Waals surface area contributed by atoms with Gasteiger partial charge in [-0.05, 0) is 49.2 Å². The number of piperidine rings is 1. The number of rotatable bonds is 8. The van der Waals surface area contributed by atoms with Crippen LogP contribution in [0.5, 0.6) is 11.5 Å². The molecule has 1 aliphatic rings. The number of nitrogens with two attached hydrogens (primary N) is 1. The number of carbonyl (C=O) groups is 1. The van der Waals surface area contributed by atoms with Crippen molar-refractivity contribution in [2.75, 3.05) is 26.8 Å². The molecule has 0 radical (unpaired) electrons. The molecule has 33 heavy (non-hydrogen) atoms. The van der Waals surface area contributed by atoms with Gasteiger partial charge in [0.15, 0.2) is 18.1 Å². The summed E-state index contributed by atoms with van der Waals surface area (Å²) in [5.41, 5.74) is 7.65. The van der Waals surface area contributed by atoms with Gasteiger partial charge in [0, 0.05) is 43.0 Å². The first-order valence-corrected chi connectivity index (χ1v) is 10.8. The SMILES string of the molecule is COc1cc(CN2CCCC(c3cc(=O)[nH]c(-c4cccnc4)n3)C2)ccc1OCC(N)=O. The Bertz CT molecular complexity index is 1170. The Morgan fingerprint density at radius 3 is 2.91 bits per heavy atom. The second-order valence-corrected chi connectivity index (χ2v) is 8.08.